The SMILES string of the molecule is CC(C)CNS(=O)(=O)c1ccc(CN=C(N)N(C)C2CC2)cc1. The van der Waals surface area contributed by atoms with Crippen molar-refractivity contribution in [3.8, 4) is 0 Å². The Bertz CT molecular complexity index is 649. The molecule has 0 radical (unpaired) electrons. The van der Waals surface area contributed by atoms with E-state index in [1.165, 1.54) is 12.8 Å². The number of aliphatic imine (C=N–C) groups is 1. The molecule has 7 heteroatoms. The fraction of sp³-hybridized carbons (Fsp3) is 0.562. The Morgan fingerprint density at radius 3 is 2.48 bits per heavy atom. The zero-order chi connectivity index (χ0) is 17.0. The minimum Gasteiger partial charge on any atom is -0.370 e. The number of nitrogens with zero attached hydrogens (tertiary/aromatic N) is 2. The summed E-state index contributed by atoms with van der Waals surface area (Å²) in [7, 11) is -1.49. The molecule has 1 saturated carbocycles. The van der Waals surface area contributed by atoms with Crippen LogP contribution < -0.4 is 10.5 Å². The quantitative estimate of drug-likeness (QED) is 0.583. The van der Waals surface area contributed by atoms with E-state index in [1.54, 1.807) is 24.3 Å². The third-order valence-electron chi connectivity index (χ3n) is 3.79. The van der Waals surface area contributed by atoms with Gasteiger partial charge in [0.1, 0.15) is 0 Å². The van der Waals surface area contributed by atoms with Crippen LogP contribution in [0.15, 0.2) is 34.2 Å². The van der Waals surface area contributed by atoms with Crippen molar-refractivity contribution in [3.05, 3.63) is 29.8 Å². The highest BCUT2D eigenvalue weighted by Crippen LogP contribution is 2.25. The first-order valence-electron chi connectivity index (χ1n) is 7.91. The molecular weight excluding hydrogens is 312 g/mol. The predicted octanol–water partition coefficient (Wildman–Crippen LogP) is 1.53. The lowest BCUT2D eigenvalue weighted by Crippen LogP contribution is -2.35. The van der Waals surface area contributed by atoms with Gasteiger partial charge < -0.3 is 10.6 Å². The van der Waals surface area contributed by atoms with E-state index in [2.05, 4.69) is 9.71 Å². The second-order valence-electron chi connectivity index (χ2n) is 6.41. The summed E-state index contributed by atoms with van der Waals surface area (Å²) in [5.74, 6) is 0.799. The van der Waals surface area contributed by atoms with Crippen LogP contribution in [-0.2, 0) is 16.6 Å². The standard InChI is InChI=1S/C16H26N4O2S/c1-12(2)10-19-23(21,22)15-8-4-13(5-9-15)11-18-16(17)20(3)14-6-7-14/h4-5,8-9,12,14,19H,6-7,10-11H2,1-3H3,(H2,17,18). The number of benzene rings is 1. The van der Waals surface area contributed by atoms with Crippen molar-refractivity contribution in [1.29, 1.82) is 0 Å². The van der Waals surface area contributed by atoms with Crippen LogP contribution in [0.3, 0.4) is 0 Å². The van der Waals surface area contributed by atoms with Crippen LogP contribution in [0.4, 0.5) is 0 Å². The topological polar surface area (TPSA) is 87.8 Å². The van der Waals surface area contributed by atoms with Crippen LogP contribution in [0.2, 0.25) is 0 Å². The highest BCUT2D eigenvalue weighted by atomic mass is 32.2. The summed E-state index contributed by atoms with van der Waals surface area (Å²) >= 11 is 0. The monoisotopic (exact) mass is 338 g/mol. The number of nitrogens with two attached hydrogens (primary N) is 1. The molecule has 1 aliphatic rings. The van der Waals surface area contributed by atoms with Gasteiger partial charge in [0, 0.05) is 19.6 Å². The second kappa shape index (κ2) is 7.31. The van der Waals surface area contributed by atoms with Crippen LogP contribution in [-0.4, -0.2) is 38.9 Å². The molecular formula is C16H26N4O2S. The summed E-state index contributed by atoms with van der Waals surface area (Å²) in [5.41, 5.74) is 6.87. The van der Waals surface area contributed by atoms with E-state index in [4.69, 9.17) is 5.73 Å². The Hall–Kier alpha value is -1.60. The van der Waals surface area contributed by atoms with Crippen LogP contribution >= 0.6 is 0 Å². The van der Waals surface area contributed by atoms with Gasteiger partial charge in [-0.1, -0.05) is 26.0 Å². The van der Waals surface area contributed by atoms with Gasteiger partial charge in [-0.15, -0.1) is 0 Å². The molecule has 0 aliphatic heterocycles. The molecule has 1 aromatic carbocycles. The van der Waals surface area contributed by atoms with Gasteiger partial charge in [-0.05, 0) is 36.5 Å². The first kappa shape index (κ1) is 17.7. The summed E-state index contributed by atoms with van der Waals surface area (Å²) < 4.78 is 26.8. The lowest BCUT2D eigenvalue weighted by molar-refractivity contribution is 0.487. The summed E-state index contributed by atoms with van der Waals surface area (Å²) in [6.45, 7) is 4.81. The molecule has 0 bridgehead atoms. The second-order valence-corrected chi connectivity index (χ2v) is 8.17. The Labute approximate surface area is 138 Å². The Morgan fingerprint density at radius 2 is 1.96 bits per heavy atom. The van der Waals surface area contributed by atoms with Crippen molar-refractivity contribution in [2.24, 2.45) is 16.6 Å². The van der Waals surface area contributed by atoms with Gasteiger partial charge in [-0.2, -0.15) is 0 Å². The number of nitrogens with one attached hydrogen (secondary N) is 1. The normalized spacial score (nSPS) is 15.9. The van der Waals surface area contributed by atoms with Crippen molar-refractivity contribution < 1.29 is 8.42 Å². The molecule has 1 aliphatic carbocycles. The number of guanidine groups is 1. The molecule has 0 spiro atoms. The summed E-state index contributed by atoms with van der Waals surface area (Å²) in [4.78, 5) is 6.63. The van der Waals surface area contributed by atoms with E-state index < -0.39 is 10.0 Å². The molecule has 0 atom stereocenters. The van der Waals surface area contributed by atoms with E-state index in [0.717, 1.165) is 5.56 Å². The van der Waals surface area contributed by atoms with E-state index >= 15 is 0 Å². The third kappa shape index (κ3) is 5.21. The van der Waals surface area contributed by atoms with Crippen LogP contribution in [0.1, 0.15) is 32.3 Å². The smallest absolute Gasteiger partial charge is 0.240 e. The highest BCUT2D eigenvalue weighted by Gasteiger charge is 2.27. The predicted molar refractivity (Wildman–Crippen MR) is 92.6 cm³/mol. The zero-order valence-electron chi connectivity index (χ0n) is 14.0. The molecule has 3 N–H and O–H groups in total. The fourth-order valence-corrected chi connectivity index (χ4v) is 3.28. The minimum atomic E-state index is -3.44. The Morgan fingerprint density at radius 1 is 1.35 bits per heavy atom. The molecule has 0 unspecified atom stereocenters. The minimum absolute atomic E-state index is 0.268. The molecule has 1 aromatic rings. The summed E-state index contributed by atoms with van der Waals surface area (Å²) in [6.07, 6.45) is 2.34. The zero-order valence-corrected chi connectivity index (χ0v) is 14.8. The van der Waals surface area contributed by atoms with Gasteiger partial charge in [0.25, 0.3) is 0 Å². The van der Waals surface area contributed by atoms with E-state index in [-0.39, 0.29) is 10.8 Å². The number of sulfonamides is 1. The van der Waals surface area contributed by atoms with Gasteiger partial charge in [0.05, 0.1) is 11.4 Å². The summed E-state index contributed by atoms with van der Waals surface area (Å²) in [6, 6.07) is 7.29. The maximum absolute atomic E-state index is 12.1. The molecule has 1 fully saturated rings. The van der Waals surface area contributed by atoms with Crippen LogP contribution in [0, 0.1) is 5.92 Å². The number of hydrogen-bond acceptors (Lipinski definition) is 3. The van der Waals surface area contributed by atoms with Crippen molar-refractivity contribution >= 4 is 16.0 Å². The van der Waals surface area contributed by atoms with Crippen LogP contribution in [0.5, 0.6) is 0 Å². The fourth-order valence-electron chi connectivity index (χ4n) is 2.07. The molecule has 6 nitrogen and oxygen atoms in total. The van der Waals surface area contributed by atoms with E-state index in [9.17, 15) is 8.42 Å². The maximum atomic E-state index is 12.1. The molecule has 2 rings (SSSR count). The first-order valence-corrected chi connectivity index (χ1v) is 9.39. The Balaban J connectivity index is 1.97. The van der Waals surface area contributed by atoms with Gasteiger partial charge in [0.15, 0.2) is 5.96 Å². The molecule has 23 heavy (non-hydrogen) atoms. The van der Waals surface area contributed by atoms with Crippen molar-refractivity contribution in [1.82, 2.24) is 9.62 Å². The average molecular weight is 338 g/mol. The van der Waals surface area contributed by atoms with Gasteiger partial charge in [0.2, 0.25) is 10.0 Å². The Kier molecular flexibility index (Phi) is 5.64. The van der Waals surface area contributed by atoms with Crippen LogP contribution in [0.25, 0.3) is 0 Å². The molecule has 0 amide bonds. The van der Waals surface area contributed by atoms with Crippen molar-refractivity contribution in [2.45, 2.75) is 44.2 Å². The first-order chi connectivity index (χ1) is 10.8. The average Bonchev–Trinajstić information content (AvgIpc) is 3.35. The number of hydrogen-bond donors (Lipinski definition) is 2. The number of rotatable bonds is 7. The van der Waals surface area contributed by atoms with Crippen molar-refractivity contribution in [2.75, 3.05) is 13.6 Å². The molecule has 128 valence electrons. The van der Waals surface area contributed by atoms with Gasteiger partial charge in [-0.3, -0.25) is 0 Å². The summed E-state index contributed by atoms with van der Waals surface area (Å²) in [5, 5.41) is 0. The van der Waals surface area contributed by atoms with Gasteiger partial charge >= 0.3 is 0 Å². The lowest BCUT2D eigenvalue weighted by Gasteiger charge is -2.16. The van der Waals surface area contributed by atoms with Crippen molar-refractivity contribution in [3.63, 3.8) is 0 Å². The van der Waals surface area contributed by atoms with E-state index in [0.29, 0.717) is 25.1 Å². The molecule has 0 heterocycles. The third-order valence-corrected chi connectivity index (χ3v) is 5.23. The molecule has 0 saturated heterocycles. The maximum Gasteiger partial charge on any atom is 0.240 e. The largest absolute Gasteiger partial charge is 0.370 e. The lowest BCUT2D eigenvalue weighted by atomic mass is 10.2. The molecule has 0 aromatic heterocycles. The highest BCUT2D eigenvalue weighted by molar-refractivity contribution is 7.89. The van der Waals surface area contributed by atoms with Gasteiger partial charge in [-0.25, -0.2) is 18.1 Å². The van der Waals surface area contributed by atoms with E-state index in [1.807, 2.05) is 25.8 Å².